The number of nitrogens with one attached hydrogen (secondary N) is 1. The van der Waals surface area contributed by atoms with Crippen LogP contribution in [-0.4, -0.2) is 79.4 Å². The van der Waals surface area contributed by atoms with Crippen molar-refractivity contribution < 1.29 is 17.9 Å². The Labute approximate surface area is 237 Å². The van der Waals surface area contributed by atoms with E-state index in [0.29, 0.717) is 49.8 Å². The SMILES string of the molecule is O=C(NCc1ccc(Cl)cc1)c1cn2c(CN3CCS(=O)(=O)CC3)cc3cc(CN4CCOCC4)cc(c1=O)c32. The van der Waals surface area contributed by atoms with E-state index in [4.69, 9.17) is 16.3 Å². The van der Waals surface area contributed by atoms with E-state index in [2.05, 4.69) is 27.2 Å². The van der Waals surface area contributed by atoms with Crippen LogP contribution in [0.4, 0.5) is 0 Å². The first-order valence-electron chi connectivity index (χ1n) is 13.4. The molecule has 0 saturated carbocycles. The van der Waals surface area contributed by atoms with Crippen molar-refractivity contribution in [2.75, 3.05) is 50.9 Å². The van der Waals surface area contributed by atoms with Gasteiger partial charge in [0.2, 0.25) is 5.43 Å². The second-order valence-electron chi connectivity index (χ2n) is 10.6. The standard InChI is InChI=1S/C29H31ClN4O5S/c30-23-3-1-20(2-4-23)16-31-29(36)26-19-34-24(18-33-7-11-40(37,38)12-8-33)15-22-13-21(14-25(27(22)34)28(26)35)17-32-5-9-39-10-6-32/h1-4,13-15,19H,5-12,16-18H2,(H,31,36). The molecule has 40 heavy (non-hydrogen) atoms. The van der Waals surface area contributed by atoms with Gasteiger partial charge in [-0.15, -0.1) is 0 Å². The lowest BCUT2D eigenvalue weighted by Gasteiger charge is -2.26. The van der Waals surface area contributed by atoms with Crippen LogP contribution >= 0.6 is 11.6 Å². The molecule has 9 nitrogen and oxygen atoms in total. The third-order valence-electron chi connectivity index (χ3n) is 7.76. The Morgan fingerprint density at radius 3 is 2.35 bits per heavy atom. The average Bonchev–Trinajstić information content (AvgIpc) is 3.28. The third kappa shape index (κ3) is 5.73. The topological polar surface area (TPSA) is 100 Å². The fourth-order valence-electron chi connectivity index (χ4n) is 5.55. The lowest BCUT2D eigenvalue weighted by Crippen LogP contribution is -2.39. The van der Waals surface area contributed by atoms with Gasteiger partial charge in [-0.2, -0.15) is 0 Å². The van der Waals surface area contributed by atoms with Crippen LogP contribution in [0.15, 0.2) is 53.5 Å². The molecule has 0 aliphatic carbocycles. The minimum Gasteiger partial charge on any atom is -0.379 e. The zero-order valence-electron chi connectivity index (χ0n) is 22.1. The highest BCUT2D eigenvalue weighted by Gasteiger charge is 2.25. The molecule has 4 aromatic rings. The monoisotopic (exact) mass is 582 g/mol. The molecule has 2 fully saturated rings. The van der Waals surface area contributed by atoms with Crippen molar-refractivity contribution in [3.8, 4) is 0 Å². The lowest BCUT2D eigenvalue weighted by molar-refractivity contribution is 0.0342. The summed E-state index contributed by atoms with van der Waals surface area (Å²) in [5.74, 6) is -0.176. The minimum absolute atomic E-state index is 0.0740. The molecule has 6 rings (SSSR count). The molecule has 0 radical (unpaired) electrons. The summed E-state index contributed by atoms with van der Waals surface area (Å²) < 4.78 is 31.3. The van der Waals surface area contributed by atoms with Crippen molar-refractivity contribution in [3.05, 3.63) is 86.3 Å². The van der Waals surface area contributed by atoms with Gasteiger partial charge in [-0.05, 0) is 41.5 Å². The highest BCUT2D eigenvalue weighted by Crippen LogP contribution is 2.27. The van der Waals surface area contributed by atoms with Crippen LogP contribution in [0.3, 0.4) is 0 Å². The summed E-state index contributed by atoms with van der Waals surface area (Å²) in [5, 5.41) is 4.93. The summed E-state index contributed by atoms with van der Waals surface area (Å²) >= 11 is 5.98. The maximum atomic E-state index is 13.7. The van der Waals surface area contributed by atoms with Gasteiger partial charge in [-0.3, -0.25) is 19.4 Å². The molecule has 4 heterocycles. The first-order chi connectivity index (χ1) is 19.3. The van der Waals surface area contributed by atoms with Gasteiger partial charge in [0.1, 0.15) is 5.56 Å². The van der Waals surface area contributed by atoms with Crippen LogP contribution in [0, 0.1) is 0 Å². The number of morpholine rings is 1. The second-order valence-corrected chi connectivity index (χ2v) is 13.3. The number of aromatic nitrogens is 1. The number of carbonyl (C=O) groups is 1. The van der Waals surface area contributed by atoms with Gasteiger partial charge in [0.25, 0.3) is 5.91 Å². The zero-order valence-corrected chi connectivity index (χ0v) is 23.6. The van der Waals surface area contributed by atoms with Gasteiger partial charge < -0.3 is 14.5 Å². The van der Waals surface area contributed by atoms with Gasteiger partial charge in [0, 0.05) is 73.5 Å². The number of hydrogen-bond acceptors (Lipinski definition) is 7. The molecule has 2 aliphatic heterocycles. The number of halogens is 1. The number of pyridine rings is 1. The summed E-state index contributed by atoms with van der Waals surface area (Å²) in [4.78, 5) is 31.5. The van der Waals surface area contributed by atoms with Gasteiger partial charge in [0.15, 0.2) is 9.84 Å². The zero-order chi connectivity index (χ0) is 27.9. The minimum atomic E-state index is -3.00. The van der Waals surface area contributed by atoms with Crippen molar-refractivity contribution in [1.29, 1.82) is 0 Å². The van der Waals surface area contributed by atoms with Crippen LogP contribution in [0.5, 0.6) is 0 Å². The summed E-state index contributed by atoms with van der Waals surface area (Å²) in [6.07, 6.45) is 1.63. The molecule has 2 aromatic carbocycles. The van der Waals surface area contributed by atoms with E-state index in [1.165, 1.54) is 0 Å². The number of hydrogen-bond donors (Lipinski definition) is 1. The quantitative estimate of drug-likeness (QED) is 0.357. The van der Waals surface area contributed by atoms with Gasteiger partial charge in [-0.25, -0.2) is 8.42 Å². The molecular weight excluding hydrogens is 552 g/mol. The first-order valence-corrected chi connectivity index (χ1v) is 15.6. The lowest BCUT2D eigenvalue weighted by atomic mass is 10.0. The van der Waals surface area contributed by atoms with Crippen LogP contribution in [0.1, 0.15) is 27.2 Å². The number of ether oxygens (including phenoxy) is 1. The summed E-state index contributed by atoms with van der Waals surface area (Å²) in [6, 6.07) is 13.3. The molecule has 1 N–H and O–H groups in total. The van der Waals surface area contributed by atoms with E-state index in [-0.39, 0.29) is 29.0 Å². The summed E-state index contributed by atoms with van der Waals surface area (Å²) in [5.41, 5.74) is 3.35. The number of sulfone groups is 1. The molecular formula is C29H31ClN4O5S. The van der Waals surface area contributed by atoms with Gasteiger partial charge in [0.05, 0.1) is 30.2 Å². The second kappa shape index (κ2) is 11.1. The fourth-order valence-corrected chi connectivity index (χ4v) is 6.96. The van der Waals surface area contributed by atoms with Crippen LogP contribution < -0.4 is 10.7 Å². The molecule has 1 amide bonds. The molecule has 2 aliphatic rings. The van der Waals surface area contributed by atoms with E-state index in [0.717, 1.165) is 40.8 Å². The normalized spacial score (nSPS) is 18.4. The highest BCUT2D eigenvalue weighted by atomic mass is 35.5. The Morgan fingerprint density at radius 1 is 0.925 bits per heavy atom. The third-order valence-corrected chi connectivity index (χ3v) is 9.62. The molecule has 0 atom stereocenters. The largest absolute Gasteiger partial charge is 0.379 e. The Bertz CT molecular complexity index is 1700. The van der Waals surface area contributed by atoms with Crippen molar-refractivity contribution in [1.82, 2.24) is 19.5 Å². The van der Waals surface area contributed by atoms with Crippen molar-refractivity contribution in [2.24, 2.45) is 0 Å². The van der Waals surface area contributed by atoms with Gasteiger partial charge >= 0.3 is 0 Å². The van der Waals surface area contributed by atoms with E-state index in [1.807, 2.05) is 22.6 Å². The van der Waals surface area contributed by atoms with E-state index in [9.17, 15) is 18.0 Å². The number of benzene rings is 2. The fraction of sp³-hybridized carbons (Fsp3) is 0.379. The molecule has 0 spiro atoms. The molecule has 210 valence electrons. The number of rotatable bonds is 7. The molecule has 11 heteroatoms. The number of nitrogens with zero attached hydrogens (tertiary/aromatic N) is 3. The number of carbonyl (C=O) groups excluding carboxylic acids is 1. The Kier molecular flexibility index (Phi) is 7.54. The first kappa shape index (κ1) is 27.2. The highest BCUT2D eigenvalue weighted by molar-refractivity contribution is 7.91. The Balaban J connectivity index is 1.37. The molecule has 0 unspecified atom stereocenters. The van der Waals surface area contributed by atoms with Crippen molar-refractivity contribution >= 4 is 43.6 Å². The Morgan fingerprint density at radius 2 is 1.62 bits per heavy atom. The maximum Gasteiger partial charge on any atom is 0.257 e. The maximum absolute atomic E-state index is 13.7. The predicted molar refractivity (Wildman–Crippen MR) is 155 cm³/mol. The molecule has 2 saturated heterocycles. The van der Waals surface area contributed by atoms with Crippen LogP contribution in [-0.2, 0) is 34.2 Å². The van der Waals surface area contributed by atoms with E-state index < -0.39 is 15.7 Å². The number of amides is 1. The van der Waals surface area contributed by atoms with Crippen LogP contribution in [0.25, 0.3) is 16.3 Å². The van der Waals surface area contributed by atoms with Gasteiger partial charge in [-0.1, -0.05) is 23.7 Å². The van der Waals surface area contributed by atoms with Crippen molar-refractivity contribution in [2.45, 2.75) is 19.6 Å². The Hall–Kier alpha value is -3.02. The van der Waals surface area contributed by atoms with E-state index >= 15 is 0 Å². The predicted octanol–water partition coefficient (Wildman–Crippen LogP) is 2.54. The van der Waals surface area contributed by atoms with Crippen LogP contribution in [0.2, 0.25) is 5.02 Å². The summed E-state index contributed by atoms with van der Waals surface area (Å²) in [6.45, 7) is 5.39. The average molecular weight is 583 g/mol. The molecule has 2 aromatic heterocycles. The molecule has 0 bridgehead atoms. The van der Waals surface area contributed by atoms with E-state index in [1.54, 1.807) is 18.3 Å². The smallest absolute Gasteiger partial charge is 0.257 e. The summed E-state index contributed by atoms with van der Waals surface area (Å²) in [7, 11) is -3.00. The van der Waals surface area contributed by atoms with Crippen molar-refractivity contribution in [3.63, 3.8) is 0 Å².